The minimum absolute atomic E-state index is 0.178. The summed E-state index contributed by atoms with van der Waals surface area (Å²) in [7, 11) is -4.00. The van der Waals surface area contributed by atoms with E-state index in [4.69, 9.17) is 9.29 Å². The van der Waals surface area contributed by atoms with Gasteiger partial charge in [-0.3, -0.25) is 9.35 Å². The van der Waals surface area contributed by atoms with Crippen LogP contribution in [0.1, 0.15) is 17.5 Å². The molecule has 0 heterocycles. The first-order valence-electron chi connectivity index (χ1n) is 8.37. The SMILES string of the molecule is O=C(OCc1ccccc1)[C@@H](Cc1ccccc1)NCCCS(=O)(=O)O. The van der Waals surface area contributed by atoms with Crippen molar-refractivity contribution in [1.82, 2.24) is 5.32 Å². The van der Waals surface area contributed by atoms with Crippen LogP contribution in [-0.2, 0) is 32.7 Å². The second-order valence-electron chi connectivity index (χ2n) is 5.93. The lowest BCUT2D eigenvalue weighted by molar-refractivity contribution is -0.147. The molecule has 0 aromatic heterocycles. The predicted molar refractivity (Wildman–Crippen MR) is 99.2 cm³/mol. The summed E-state index contributed by atoms with van der Waals surface area (Å²) in [6.45, 7) is 0.454. The van der Waals surface area contributed by atoms with Gasteiger partial charge in [0.2, 0.25) is 0 Å². The molecule has 1 atom stereocenters. The van der Waals surface area contributed by atoms with Crippen molar-refractivity contribution in [3.8, 4) is 0 Å². The van der Waals surface area contributed by atoms with E-state index in [2.05, 4.69) is 5.32 Å². The molecular formula is C19H23NO5S. The summed E-state index contributed by atoms with van der Waals surface area (Å²) >= 11 is 0. The first-order chi connectivity index (χ1) is 12.4. The maximum Gasteiger partial charge on any atom is 0.323 e. The first kappa shape index (κ1) is 20.1. The van der Waals surface area contributed by atoms with E-state index in [-0.39, 0.29) is 25.3 Å². The standard InChI is InChI=1S/C19H23NO5S/c21-19(25-15-17-10-5-2-6-11-17)18(14-16-8-3-1-4-9-16)20-12-7-13-26(22,23)24/h1-6,8-11,18,20H,7,12-15H2,(H,22,23,24)/t18-/m1/s1. The van der Waals surface area contributed by atoms with Gasteiger partial charge in [0.15, 0.2) is 0 Å². The minimum Gasteiger partial charge on any atom is -0.460 e. The first-order valence-corrected chi connectivity index (χ1v) is 9.98. The largest absolute Gasteiger partial charge is 0.460 e. The van der Waals surface area contributed by atoms with Crippen molar-refractivity contribution >= 4 is 16.1 Å². The average molecular weight is 377 g/mol. The Morgan fingerprint density at radius 1 is 1.00 bits per heavy atom. The number of carbonyl (C=O) groups is 1. The topological polar surface area (TPSA) is 92.7 Å². The maximum atomic E-state index is 12.5. The van der Waals surface area contributed by atoms with Crippen LogP contribution in [0.4, 0.5) is 0 Å². The third-order valence-corrected chi connectivity index (χ3v) is 4.57. The van der Waals surface area contributed by atoms with Crippen LogP contribution in [0.15, 0.2) is 60.7 Å². The van der Waals surface area contributed by atoms with Crippen LogP contribution >= 0.6 is 0 Å². The molecule has 26 heavy (non-hydrogen) atoms. The molecule has 2 rings (SSSR count). The van der Waals surface area contributed by atoms with E-state index < -0.39 is 22.1 Å². The molecule has 2 N–H and O–H groups in total. The average Bonchev–Trinajstić information content (AvgIpc) is 2.63. The molecule has 0 aliphatic rings. The third-order valence-electron chi connectivity index (χ3n) is 3.76. The van der Waals surface area contributed by atoms with Crippen LogP contribution < -0.4 is 5.32 Å². The fourth-order valence-electron chi connectivity index (χ4n) is 2.45. The fraction of sp³-hybridized carbons (Fsp3) is 0.316. The van der Waals surface area contributed by atoms with Gasteiger partial charge in [-0.25, -0.2) is 0 Å². The van der Waals surface area contributed by atoms with Crippen molar-refractivity contribution < 1.29 is 22.5 Å². The number of esters is 1. The van der Waals surface area contributed by atoms with Gasteiger partial charge in [0.05, 0.1) is 5.75 Å². The van der Waals surface area contributed by atoms with E-state index in [1.54, 1.807) is 0 Å². The molecule has 0 amide bonds. The van der Waals surface area contributed by atoms with Gasteiger partial charge >= 0.3 is 5.97 Å². The number of hydrogen-bond acceptors (Lipinski definition) is 5. The predicted octanol–water partition coefficient (Wildman–Crippen LogP) is 2.21. The van der Waals surface area contributed by atoms with E-state index in [0.717, 1.165) is 11.1 Å². The Morgan fingerprint density at radius 2 is 1.58 bits per heavy atom. The summed E-state index contributed by atoms with van der Waals surface area (Å²) in [6, 6.07) is 18.3. The molecule has 2 aromatic carbocycles. The smallest absolute Gasteiger partial charge is 0.323 e. The number of ether oxygens (including phenoxy) is 1. The quantitative estimate of drug-likeness (QED) is 0.375. The third kappa shape index (κ3) is 7.77. The Bertz CT molecular complexity index is 778. The minimum atomic E-state index is -4.00. The van der Waals surface area contributed by atoms with Crippen LogP contribution in [0.3, 0.4) is 0 Å². The highest BCUT2D eigenvalue weighted by molar-refractivity contribution is 7.85. The van der Waals surface area contributed by atoms with Crippen molar-refractivity contribution in [2.45, 2.75) is 25.5 Å². The Morgan fingerprint density at radius 3 is 2.15 bits per heavy atom. The lowest BCUT2D eigenvalue weighted by Gasteiger charge is -2.18. The van der Waals surface area contributed by atoms with E-state index in [0.29, 0.717) is 6.42 Å². The lowest BCUT2D eigenvalue weighted by atomic mass is 10.1. The van der Waals surface area contributed by atoms with E-state index >= 15 is 0 Å². The summed E-state index contributed by atoms with van der Waals surface area (Å²) in [4.78, 5) is 12.5. The Balaban J connectivity index is 1.93. The molecule has 0 spiro atoms. The fourth-order valence-corrected chi connectivity index (χ4v) is 2.96. The van der Waals surface area contributed by atoms with Gasteiger partial charge in [-0.1, -0.05) is 60.7 Å². The molecule has 140 valence electrons. The maximum absolute atomic E-state index is 12.5. The summed E-state index contributed by atoms with van der Waals surface area (Å²) in [5.41, 5.74) is 1.86. The molecule has 7 heteroatoms. The van der Waals surface area contributed by atoms with Crippen LogP contribution in [0, 0.1) is 0 Å². The van der Waals surface area contributed by atoms with Gasteiger partial charge in [0.25, 0.3) is 10.1 Å². The molecule has 0 unspecified atom stereocenters. The number of carbonyl (C=O) groups excluding carboxylic acids is 1. The van der Waals surface area contributed by atoms with E-state index in [1.165, 1.54) is 0 Å². The molecule has 0 fully saturated rings. The van der Waals surface area contributed by atoms with Crippen LogP contribution in [0.2, 0.25) is 0 Å². The number of benzene rings is 2. The number of hydrogen-bond donors (Lipinski definition) is 2. The molecule has 0 saturated heterocycles. The summed E-state index contributed by atoms with van der Waals surface area (Å²) in [6.07, 6.45) is 0.635. The van der Waals surface area contributed by atoms with Crippen molar-refractivity contribution in [2.24, 2.45) is 0 Å². The second kappa shape index (κ2) is 10.1. The van der Waals surface area contributed by atoms with Crippen molar-refractivity contribution in [1.29, 1.82) is 0 Å². The molecule has 0 aliphatic heterocycles. The molecule has 0 saturated carbocycles. The normalized spacial score (nSPS) is 12.5. The molecule has 0 aliphatic carbocycles. The highest BCUT2D eigenvalue weighted by Gasteiger charge is 2.20. The zero-order chi connectivity index (χ0) is 18.8. The van der Waals surface area contributed by atoms with Crippen LogP contribution in [0.5, 0.6) is 0 Å². The molecular weight excluding hydrogens is 354 g/mol. The summed E-state index contributed by atoms with van der Waals surface area (Å²) < 4.78 is 35.8. The monoisotopic (exact) mass is 377 g/mol. The zero-order valence-corrected chi connectivity index (χ0v) is 15.2. The van der Waals surface area contributed by atoms with Gasteiger partial charge in [-0.05, 0) is 30.5 Å². The highest BCUT2D eigenvalue weighted by atomic mass is 32.2. The van der Waals surface area contributed by atoms with Gasteiger partial charge < -0.3 is 10.1 Å². The molecule has 6 nitrogen and oxygen atoms in total. The van der Waals surface area contributed by atoms with Crippen molar-refractivity contribution in [3.05, 3.63) is 71.8 Å². The summed E-state index contributed by atoms with van der Waals surface area (Å²) in [5.74, 6) is -0.749. The molecule has 2 aromatic rings. The van der Waals surface area contributed by atoms with Gasteiger partial charge in [-0.15, -0.1) is 0 Å². The van der Waals surface area contributed by atoms with Crippen molar-refractivity contribution in [3.63, 3.8) is 0 Å². The van der Waals surface area contributed by atoms with E-state index in [1.807, 2.05) is 60.7 Å². The Hall–Kier alpha value is -2.22. The van der Waals surface area contributed by atoms with Crippen molar-refractivity contribution in [2.75, 3.05) is 12.3 Å². The Kier molecular flexibility index (Phi) is 7.77. The van der Waals surface area contributed by atoms with Gasteiger partial charge in [-0.2, -0.15) is 8.42 Å². The zero-order valence-electron chi connectivity index (χ0n) is 14.4. The second-order valence-corrected chi connectivity index (χ2v) is 7.50. The van der Waals surface area contributed by atoms with Gasteiger partial charge in [0, 0.05) is 0 Å². The van der Waals surface area contributed by atoms with Crippen LogP contribution in [0.25, 0.3) is 0 Å². The van der Waals surface area contributed by atoms with Gasteiger partial charge in [0.1, 0.15) is 12.6 Å². The lowest BCUT2D eigenvalue weighted by Crippen LogP contribution is -2.40. The van der Waals surface area contributed by atoms with Crippen LogP contribution in [-0.4, -0.2) is 37.3 Å². The highest BCUT2D eigenvalue weighted by Crippen LogP contribution is 2.07. The number of rotatable bonds is 10. The summed E-state index contributed by atoms with van der Waals surface area (Å²) in [5, 5.41) is 3.03. The molecule has 0 radical (unpaired) electrons. The Labute approximate surface area is 153 Å². The van der Waals surface area contributed by atoms with E-state index in [9.17, 15) is 13.2 Å². The number of nitrogens with one attached hydrogen (secondary N) is 1. The molecule has 0 bridgehead atoms.